The molecule has 2 atom stereocenters. The highest BCUT2D eigenvalue weighted by molar-refractivity contribution is 6.30. The van der Waals surface area contributed by atoms with Crippen molar-refractivity contribution < 1.29 is 4.74 Å². The zero-order valence-corrected chi connectivity index (χ0v) is 12.1. The summed E-state index contributed by atoms with van der Waals surface area (Å²) in [6, 6.07) is 7.51. The van der Waals surface area contributed by atoms with Crippen molar-refractivity contribution in [3.05, 3.63) is 28.8 Å². The SMILES string of the molecule is COc1ccc(Cl)cc1CN1C2CCC1CC(N)C2. The van der Waals surface area contributed by atoms with Crippen molar-refractivity contribution in [3.63, 3.8) is 0 Å². The van der Waals surface area contributed by atoms with Crippen LogP contribution in [0.3, 0.4) is 0 Å². The Morgan fingerprint density at radius 1 is 1.32 bits per heavy atom. The molecule has 2 bridgehead atoms. The molecular formula is C15H21ClN2O. The first-order valence-corrected chi connectivity index (χ1v) is 7.39. The van der Waals surface area contributed by atoms with E-state index in [1.807, 2.05) is 18.2 Å². The number of nitrogens with zero attached hydrogens (tertiary/aromatic N) is 1. The third-order valence-electron chi connectivity index (χ3n) is 4.52. The van der Waals surface area contributed by atoms with Gasteiger partial charge in [-0.1, -0.05) is 11.6 Å². The molecule has 104 valence electrons. The number of halogens is 1. The molecule has 0 aromatic heterocycles. The predicted octanol–water partition coefficient (Wildman–Crippen LogP) is 2.80. The van der Waals surface area contributed by atoms with E-state index in [1.165, 1.54) is 18.4 Å². The minimum atomic E-state index is 0.384. The lowest BCUT2D eigenvalue weighted by molar-refractivity contribution is 0.119. The van der Waals surface area contributed by atoms with E-state index in [9.17, 15) is 0 Å². The summed E-state index contributed by atoms with van der Waals surface area (Å²) in [5.74, 6) is 0.929. The van der Waals surface area contributed by atoms with Crippen LogP contribution in [0.1, 0.15) is 31.2 Å². The van der Waals surface area contributed by atoms with Gasteiger partial charge in [0, 0.05) is 35.3 Å². The highest BCUT2D eigenvalue weighted by atomic mass is 35.5. The summed E-state index contributed by atoms with van der Waals surface area (Å²) in [5.41, 5.74) is 7.30. The minimum absolute atomic E-state index is 0.384. The Labute approximate surface area is 119 Å². The van der Waals surface area contributed by atoms with Gasteiger partial charge in [0.1, 0.15) is 5.75 Å². The lowest BCUT2D eigenvalue weighted by atomic mass is 9.97. The monoisotopic (exact) mass is 280 g/mol. The van der Waals surface area contributed by atoms with Gasteiger partial charge in [-0.25, -0.2) is 0 Å². The molecular weight excluding hydrogens is 260 g/mol. The Morgan fingerprint density at radius 3 is 2.63 bits per heavy atom. The highest BCUT2D eigenvalue weighted by Crippen LogP contribution is 2.37. The standard InChI is InChI=1S/C15H21ClN2O/c1-19-15-5-2-11(16)6-10(15)9-18-13-3-4-14(18)8-12(17)7-13/h2,5-6,12-14H,3-4,7-9,17H2,1H3. The number of piperidine rings is 1. The minimum Gasteiger partial charge on any atom is -0.496 e. The van der Waals surface area contributed by atoms with E-state index >= 15 is 0 Å². The Kier molecular flexibility index (Phi) is 3.70. The van der Waals surface area contributed by atoms with Gasteiger partial charge in [0.25, 0.3) is 0 Å². The van der Waals surface area contributed by atoms with Gasteiger partial charge in [0.05, 0.1) is 7.11 Å². The average Bonchev–Trinajstić information content (AvgIpc) is 2.62. The van der Waals surface area contributed by atoms with Crippen LogP contribution in [0.25, 0.3) is 0 Å². The quantitative estimate of drug-likeness (QED) is 0.925. The van der Waals surface area contributed by atoms with E-state index in [0.717, 1.165) is 30.2 Å². The summed E-state index contributed by atoms with van der Waals surface area (Å²) < 4.78 is 5.44. The fraction of sp³-hybridized carbons (Fsp3) is 0.600. The van der Waals surface area contributed by atoms with Gasteiger partial charge in [-0.3, -0.25) is 4.90 Å². The summed E-state index contributed by atoms with van der Waals surface area (Å²) in [5, 5.41) is 0.775. The van der Waals surface area contributed by atoms with Gasteiger partial charge < -0.3 is 10.5 Å². The van der Waals surface area contributed by atoms with Crippen molar-refractivity contribution in [2.24, 2.45) is 5.73 Å². The normalized spacial score (nSPS) is 30.6. The van der Waals surface area contributed by atoms with E-state index in [-0.39, 0.29) is 0 Å². The lowest BCUT2D eigenvalue weighted by Gasteiger charge is -2.37. The van der Waals surface area contributed by atoms with Gasteiger partial charge in [-0.05, 0) is 43.9 Å². The molecule has 2 heterocycles. The van der Waals surface area contributed by atoms with Gasteiger partial charge >= 0.3 is 0 Å². The van der Waals surface area contributed by atoms with Crippen molar-refractivity contribution in [3.8, 4) is 5.75 Å². The highest BCUT2D eigenvalue weighted by Gasteiger charge is 2.39. The number of hydrogen-bond donors (Lipinski definition) is 1. The summed E-state index contributed by atoms with van der Waals surface area (Å²) in [4.78, 5) is 2.59. The van der Waals surface area contributed by atoms with Crippen LogP contribution >= 0.6 is 11.6 Å². The molecule has 0 radical (unpaired) electrons. The second kappa shape index (κ2) is 5.31. The molecule has 0 saturated carbocycles. The second-order valence-electron chi connectivity index (χ2n) is 5.74. The topological polar surface area (TPSA) is 38.5 Å². The zero-order valence-electron chi connectivity index (χ0n) is 11.3. The first-order chi connectivity index (χ1) is 9.17. The molecule has 0 aliphatic carbocycles. The maximum Gasteiger partial charge on any atom is 0.123 e. The summed E-state index contributed by atoms with van der Waals surface area (Å²) in [7, 11) is 1.72. The van der Waals surface area contributed by atoms with Crippen molar-refractivity contribution >= 4 is 11.6 Å². The van der Waals surface area contributed by atoms with Crippen LogP contribution in [-0.2, 0) is 6.54 Å². The van der Waals surface area contributed by atoms with Crippen molar-refractivity contribution in [2.75, 3.05) is 7.11 Å². The van der Waals surface area contributed by atoms with E-state index in [0.29, 0.717) is 18.1 Å². The number of fused-ring (bicyclic) bond motifs is 2. The first-order valence-electron chi connectivity index (χ1n) is 7.01. The van der Waals surface area contributed by atoms with Crippen molar-refractivity contribution in [1.82, 2.24) is 4.90 Å². The third kappa shape index (κ3) is 2.60. The molecule has 2 aliphatic heterocycles. The van der Waals surface area contributed by atoms with Crippen molar-refractivity contribution in [2.45, 2.75) is 50.4 Å². The average molecular weight is 281 g/mol. The molecule has 3 rings (SSSR count). The number of methoxy groups -OCH3 is 1. The van der Waals surface area contributed by atoms with E-state index in [1.54, 1.807) is 7.11 Å². The van der Waals surface area contributed by atoms with Crippen LogP contribution in [0.15, 0.2) is 18.2 Å². The number of rotatable bonds is 3. The fourth-order valence-corrected chi connectivity index (χ4v) is 3.84. The molecule has 2 unspecified atom stereocenters. The van der Waals surface area contributed by atoms with Crippen LogP contribution < -0.4 is 10.5 Å². The Hall–Kier alpha value is -0.770. The summed E-state index contributed by atoms with van der Waals surface area (Å²) in [6.45, 7) is 0.922. The van der Waals surface area contributed by atoms with Crippen LogP contribution in [-0.4, -0.2) is 30.1 Å². The van der Waals surface area contributed by atoms with Crippen LogP contribution in [0.2, 0.25) is 5.02 Å². The fourth-order valence-electron chi connectivity index (χ4n) is 3.64. The number of ether oxygens (including phenoxy) is 1. The number of benzene rings is 1. The summed E-state index contributed by atoms with van der Waals surface area (Å²) in [6.07, 6.45) is 4.81. The molecule has 1 aromatic rings. The first kappa shape index (κ1) is 13.2. The Morgan fingerprint density at radius 2 is 2.00 bits per heavy atom. The molecule has 2 aliphatic rings. The molecule has 4 heteroatoms. The van der Waals surface area contributed by atoms with E-state index < -0.39 is 0 Å². The third-order valence-corrected chi connectivity index (χ3v) is 4.75. The number of hydrogen-bond acceptors (Lipinski definition) is 3. The summed E-state index contributed by atoms with van der Waals surface area (Å²) >= 11 is 6.11. The molecule has 0 amide bonds. The molecule has 1 aromatic carbocycles. The molecule has 19 heavy (non-hydrogen) atoms. The van der Waals surface area contributed by atoms with Crippen LogP contribution in [0.5, 0.6) is 5.75 Å². The molecule has 2 fully saturated rings. The van der Waals surface area contributed by atoms with Gasteiger partial charge in [0.15, 0.2) is 0 Å². The largest absolute Gasteiger partial charge is 0.496 e. The van der Waals surface area contributed by atoms with E-state index in [4.69, 9.17) is 22.1 Å². The maximum absolute atomic E-state index is 6.12. The van der Waals surface area contributed by atoms with E-state index in [2.05, 4.69) is 4.90 Å². The smallest absolute Gasteiger partial charge is 0.123 e. The molecule has 0 spiro atoms. The Bertz CT molecular complexity index is 451. The molecule has 2 N–H and O–H groups in total. The van der Waals surface area contributed by atoms with Gasteiger partial charge in [-0.2, -0.15) is 0 Å². The van der Waals surface area contributed by atoms with Crippen LogP contribution in [0.4, 0.5) is 0 Å². The number of nitrogens with two attached hydrogens (primary N) is 1. The van der Waals surface area contributed by atoms with Crippen LogP contribution in [0, 0.1) is 0 Å². The zero-order chi connectivity index (χ0) is 13.4. The second-order valence-corrected chi connectivity index (χ2v) is 6.18. The van der Waals surface area contributed by atoms with Gasteiger partial charge in [-0.15, -0.1) is 0 Å². The predicted molar refractivity (Wildman–Crippen MR) is 77.6 cm³/mol. The lowest BCUT2D eigenvalue weighted by Crippen LogP contribution is -2.46. The Balaban J connectivity index is 1.80. The van der Waals surface area contributed by atoms with Crippen molar-refractivity contribution in [1.29, 1.82) is 0 Å². The molecule has 3 nitrogen and oxygen atoms in total. The maximum atomic E-state index is 6.12. The molecule has 2 saturated heterocycles. The van der Waals surface area contributed by atoms with Gasteiger partial charge in [0.2, 0.25) is 0 Å².